The van der Waals surface area contributed by atoms with E-state index in [9.17, 15) is 9.59 Å². The molecule has 0 radical (unpaired) electrons. The molecule has 2 rings (SSSR count). The lowest BCUT2D eigenvalue weighted by molar-refractivity contribution is -0.117. The molecule has 1 aliphatic carbocycles. The van der Waals surface area contributed by atoms with Crippen LogP contribution in [0, 0.1) is 0 Å². The molecule has 1 aromatic heterocycles. The maximum absolute atomic E-state index is 11.1. The van der Waals surface area contributed by atoms with Gasteiger partial charge in [-0.2, -0.15) is 0 Å². The summed E-state index contributed by atoms with van der Waals surface area (Å²) >= 11 is 0. The van der Waals surface area contributed by atoms with Crippen LogP contribution in [0.4, 0.5) is 0 Å². The van der Waals surface area contributed by atoms with Crippen LogP contribution in [0.25, 0.3) is 0 Å². The van der Waals surface area contributed by atoms with Crippen molar-refractivity contribution in [3.8, 4) is 0 Å². The molecule has 1 aromatic rings. The molecule has 1 atom stereocenters. The van der Waals surface area contributed by atoms with Gasteiger partial charge in [-0.25, -0.2) is 14.8 Å². The normalized spacial score (nSPS) is 19.8. The largest absolute Gasteiger partial charge is 0.465 e. The van der Waals surface area contributed by atoms with Gasteiger partial charge in [0.1, 0.15) is 11.6 Å². The molecule has 16 heavy (non-hydrogen) atoms. The van der Waals surface area contributed by atoms with Crippen LogP contribution in [0.15, 0.2) is 12.4 Å². The quantitative estimate of drug-likeness (QED) is 0.698. The zero-order valence-electron chi connectivity index (χ0n) is 8.97. The van der Waals surface area contributed by atoms with Crippen LogP contribution in [0.5, 0.6) is 0 Å². The highest BCUT2D eigenvalue weighted by Gasteiger charge is 2.25. The average molecular weight is 220 g/mol. The van der Waals surface area contributed by atoms with Crippen LogP contribution in [-0.4, -0.2) is 28.8 Å². The maximum Gasteiger partial charge on any atom is 0.341 e. The van der Waals surface area contributed by atoms with Crippen LogP contribution < -0.4 is 0 Å². The van der Waals surface area contributed by atoms with Gasteiger partial charge in [0.2, 0.25) is 0 Å². The smallest absolute Gasteiger partial charge is 0.341 e. The van der Waals surface area contributed by atoms with Crippen LogP contribution in [0.1, 0.15) is 41.4 Å². The van der Waals surface area contributed by atoms with Gasteiger partial charge < -0.3 is 4.74 Å². The highest BCUT2D eigenvalue weighted by molar-refractivity contribution is 5.88. The van der Waals surface area contributed by atoms with Crippen molar-refractivity contribution in [3.05, 3.63) is 23.8 Å². The first-order valence-electron chi connectivity index (χ1n) is 5.12. The first kappa shape index (κ1) is 10.7. The van der Waals surface area contributed by atoms with Crippen molar-refractivity contribution >= 4 is 11.8 Å². The Bertz CT molecular complexity index is 414. The molecule has 1 saturated carbocycles. The number of carbonyl (C=O) groups is 2. The summed E-state index contributed by atoms with van der Waals surface area (Å²) in [6.07, 6.45) is 4.80. The Labute approximate surface area is 92.9 Å². The third-order valence-electron chi connectivity index (χ3n) is 2.70. The molecule has 0 spiro atoms. The lowest BCUT2D eigenvalue weighted by atomic mass is 10.1. The predicted molar refractivity (Wildman–Crippen MR) is 55.0 cm³/mol. The summed E-state index contributed by atoms with van der Waals surface area (Å²) in [7, 11) is 1.31. The molecular formula is C11H12N2O3. The fraction of sp³-hybridized carbons (Fsp3) is 0.455. The van der Waals surface area contributed by atoms with E-state index in [0.29, 0.717) is 24.2 Å². The first-order valence-corrected chi connectivity index (χ1v) is 5.12. The Kier molecular flexibility index (Phi) is 2.94. The number of hydrogen-bond donors (Lipinski definition) is 0. The van der Waals surface area contributed by atoms with E-state index in [1.54, 1.807) is 0 Å². The number of aromatic nitrogens is 2. The van der Waals surface area contributed by atoms with Crippen LogP contribution in [0.2, 0.25) is 0 Å². The molecule has 0 saturated heterocycles. The van der Waals surface area contributed by atoms with Gasteiger partial charge in [-0.1, -0.05) is 0 Å². The third kappa shape index (κ3) is 2.08. The van der Waals surface area contributed by atoms with Gasteiger partial charge in [0.25, 0.3) is 0 Å². The number of hydrogen-bond acceptors (Lipinski definition) is 5. The molecule has 1 unspecified atom stereocenters. The van der Waals surface area contributed by atoms with E-state index < -0.39 is 5.97 Å². The number of methoxy groups -OCH3 is 1. The maximum atomic E-state index is 11.1. The second kappa shape index (κ2) is 4.38. The van der Waals surface area contributed by atoms with Crippen molar-refractivity contribution in [1.82, 2.24) is 9.97 Å². The Morgan fingerprint density at radius 2 is 2.12 bits per heavy atom. The van der Waals surface area contributed by atoms with Gasteiger partial charge in [0.05, 0.1) is 12.7 Å². The Balaban J connectivity index is 2.13. The minimum Gasteiger partial charge on any atom is -0.465 e. The molecule has 5 heteroatoms. The number of ether oxygens (including phenoxy) is 1. The van der Waals surface area contributed by atoms with Crippen molar-refractivity contribution in [2.24, 2.45) is 0 Å². The summed E-state index contributed by atoms with van der Waals surface area (Å²) in [5, 5.41) is 0. The van der Waals surface area contributed by atoms with E-state index in [0.717, 1.165) is 6.42 Å². The summed E-state index contributed by atoms with van der Waals surface area (Å²) < 4.78 is 4.55. The number of rotatable bonds is 2. The predicted octanol–water partition coefficient (Wildman–Crippen LogP) is 1.10. The van der Waals surface area contributed by atoms with Crippen molar-refractivity contribution in [3.63, 3.8) is 0 Å². The summed E-state index contributed by atoms with van der Waals surface area (Å²) in [6, 6.07) is 0. The number of nitrogens with zero attached hydrogens (tertiary/aromatic N) is 2. The highest BCUT2D eigenvalue weighted by Crippen LogP contribution is 2.29. The van der Waals surface area contributed by atoms with E-state index >= 15 is 0 Å². The van der Waals surface area contributed by atoms with E-state index in [2.05, 4.69) is 14.7 Å². The third-order valence-corrected chi connectivity index (χ3v) is 2.70. The molecule has 1 heterocycles. The van der Waals surface area contributed by atoms with Crippen molar-refractivity contribution in [2.75, 3.05) is 7.11 Å². The average Bonchev–Trinajstić information content (AvgIpc) is 2.75. The van der Waals surface area contributed by atoms with Crippen LogP contribution in [0.3, 0.4) is 0 Å². The minimum atomic E-state index is -0.450. The molecule has 0 amide bonds. The molecule has 1 fully saturated rings. The fourth-order valence-electron chi connectivity index (χ4n) is 1.81. The number of carbonyl (C=O) groups excluding carboxylic acids is 2. The van der Waals surface area contributed by atoms with E-state index in [1.165, 1.54) is 19.5 Å². The fourth-order valence-corrected chi connectivity index (χ4v) is 1.81. The Morgan fingerprint density at radius 1 is 1.44 bits per heavy atom. The van der Waals surface area contributed by atoms with Gasteiger partial charge in [-0.3, -0.25) is 4.79 Å². The van der Waals surface area contributed by atoms with Gasteiger partial charge in [-0.15, -0.1) is 0 Å². The Hall–Kier alpha value is -1.78. The van der Waals surface area contributed by atoms with Crippen molar-refractivity contribution < 1.29 is 14.3 Å². The van der Waals surface area contributed by atoms with E-state index in [1.807, 2.05) is 0 Å². The van der Waals surface area contributed by atoms with Crippen LogP contribution in [-0.2, 0) is 9.53 Å². The number of esters is 1. The second-order valence-electron chi connectivity index (χ2n) is 3.80. The van der Waals surface area contributed by atoms with Crippen molar-refractivity contribution in [2.45, 2.75) is 25.2 Å². The Morgan fingerprint density at radius 3 is 2.62 bits per heavy atom. The lowest BCUT2D eigenvalue weighted by Gasteiger charge is -2.06. The van der Waals surface area contributed by atoms with Gasteiger partial charge in [-0.05, 0) is 6.42 Å². The molecule has 0 aliphatic heterocycles. The molecule has 0 aromatic carbocycles. The topological polar surface area (TPSA) is 69.2 Å². The van der Waals surface area contributed by atoms with Crippen molar-refractivity contribution in [1.29, 1.82) is 0 Å². The zero-order chi connectivity index (χ0) is 11.5. The SMILES string of the molecule is COC(=O)c1cnc(C2CCC(=O)C2)nc1. The van der Waals surface area contributed by atoms with E-state index in [-0.39, 0.29) is 11.7 Å². The summed E-state index contributed by atoms with van der Waals surface area (Å²) in [5.74, 6) is 0.553. The van der Waals surface area contributed by atoms with E-state index in [4.69, 9.17) is 0 Å². The zero-order valence-corrected chi connectivity index (χ0v) is 8.97. The number of ketones is 1. The molecule has 1 aliphatic rings. The van der Waals surface area contributed by atoms with Gasteiger partial charge >= 0.3 is 5.97 Å². The molecule has 0 bridgehead atoms. The molecule has 5 nitrogen and oxygen atoms in total. The summed E-state index contributed by atoms with van der Waals surface area (Å²) in [6.45, 7) is 0. The summed E-state index contributed by atoms with van der Waals surface area (Å²) in [5.41, 5.74) is 0.329. The second-order valence-corrected chi connectivity index (χ2v) is 3.80. The van der Waals surface area contributed by atoms with Crippen LogP contribution >= 0.6 is 0 Å². The number of Topliss-reactive ketones (excluding diaryl/α,β-unsaturated/α-hetero) is 1. The lowest BCUT2D eigenvalue weighted by Crippen LogP contribution is -2.06. The first-order chi connectivity index (χ1) is 7.70. The van der Waals surface area contributed by atoms with Gasteiger partial charge in [0, 0.05) is 31.2 Å². The summed E-state index contributed by atoms with van der Waals surface area (Å²) in [4.78, 5) is 30.5. The highest BCUT2D eigenvalue weighted by atomic mass is 16.5. The molecule has 0 N–H and O–H groups in total. The monoisotopic (exact) mass is 220 g/mol. The van der Waals surface area contributed by atoms with Gasteiger partial charge in [0.15, 0.2) is 0 Å². The molecule has 84 valence electrons. The minimum absolute atomic E-state index is 0.110. The molecular weight excluding hydrogens is 208 g/mol. The standard InChI is InChI=1S/C11H12N2O3/c1-16-11(15)8-5-12-10(13-6-8)7-2-3-9(14)4-7/h5-7H,2-4H2,1H3.